The summed E-state index contributed by atoms with van der Waals surface area (Å²) in [4.78, 5) is 32.4. The number of benzene rings is 2. The van der Waals surface area contributed by atoms with Crippen LogP contribution in [0.5, 0.6) is 5.88 Å². The van der Waals surface area contributed by atoms with Crippen LogP contribution in [-0.4, -0.2) is 32.7 Å². The van der Waals surface area contributed by atoms with Gasteiger partial charge in [-0.2, -0.15) is 0 Å². The number of methoxy groups -OCH3 is 1. The number of nitrogens with zero attached hydrogens (tertiary/aromatic N) is 3. The number of imidazole rings is 1. The number of carbonyl (C=O) groups is 1. The molecule has 2 aromatic carbocycles. The molecule has 3 aromatic heterocycles. The maximum Gasteiger partial charge on any atom is 0.326 e. The Morgan fingerprint density at radius 2 is 1.88 bits per heavy atom. The Hall–Kier alpha value is -4.66. The summed E-state index contributed by atoms with van der Waals surface area (Å²) in [6.45, 7) is 1.69. The molecule has 5 aromatic rings. The number of aromatic amines is 1. The Morgan fingerprint density at radius 3 is 2.65 bits per heavy atom. The van der Waals surface area contributed by atoms with Gasteiger partial charge in [0, 0.05) is 18.2 Å². The van der Waals surface area contributed by atoms with Gasteiger partial charge in [0.05, 0.1) is 23.8 Å². The standard InChI is InChI=1S/C25H21N5O4/c1-14-21(22(29-34-14)15-7-5-4-6-8-15)23(31)26-19-12-11-17(27-24(19)33-3)16-9-10-18-20(13-16)30(2)25(32)28-18/h4-13H,1-3H3,(H,26,31)(H,28,32). The third-order valence-corrected chi connectivity index (χ3v) is 5.64. The van der Waals surface area contributed by atoms with Gasteiger partial charge in [0.2, 0.25) is 5.88 Å². The van der Waals surface area contributed by atoms with E-state index < -0.39 is 0 Å². The molecule has 9 nitrogen and oxygen atoms in total. The second kappa shape index (κ2) is 8.36. The third kappa shape index (κ3) is 3.62. The van der Waals surface area contributed by atoms with Crippen LogP contribution in [0.2, 0.25) is 0 Å². The molecule has 0 bridgehead atoms. The number of H-pyrrole nitrogens is 1. The quantitative estimate of drug-likeness (QED) is 0.411. The highest BCUT2D eigenvalue weighted by molar-refractivity contribution is 6.09. The van der Waals surface area contributed by atoms with Gasteiger partial charge in [-0.3, -0.25) is 9.36 Å². The maximum absolute atomic E-state index is 13.2. The van der Waals surface area contributed by atoms with Crippen molar-refractivity contribution in [1.29, 1.82) is 0 Å². The summed E-state index contributed by atoms with van der Waals surface area (Å²) in [5.74, 6) is 0.281. The van der Waals surface area contributed by atoms with Gasteiger partial charge in [-0.05, 0) is 31.2 Å². The third-order valence-electron chi connectivity index (χ3n) is 5.64. The minimum absolute atomic E-state index is 0.186. The van der Waals surface area contributed by atoms with E-state index in [9.17, 15) is 9.59 Å². The fourth-order valence-corrected chi connectivity index (χ4v) is 3.85. The highest BCUT2D eigenvalue weighted by Crippen LogP contribution is 2.30. The van der Waals surface area contributed by atoms with Gasteiger partial charge in [-0.1, -0.05) is 41.6 Å². The monoisotopic (exact) mass is 455 g/mol. The molecule has 170 valence electrons. The molecule has 34 heavy (non-hydrogen) atoms. The molecule has 5 rings (SSSR count). The largest absolute Gasteiger partial charge is 0.479 e. The summed E-state index contributed by atoms with van der Waals surface area (Å²) in [7, 11) is 3.19. The van der Waals surface area contributed by atoms with Crippen LogP contribution in [-0.2, 0) is 7.05 Å². The lowest BCUT2D eigenvalue weighted by Gasteiger charge is -2.11. The summed E-state index contributed by atoms with van der Waals surface area (Å²) >= 11 is 0. The Bertz CT molecular complexity index is 1580. The van der Waals surface area contributed by atoms with Crippen molar-refractivity contribution >= 4 is 22.6 Å². The number of nitrogens with one attached hydrogen (secondary N) is 2. The normalized spacial score (nSPS) is 11.0. The lowest BCUT2D eigenvalue weighted by atomic mass is 10.1. The second-order valence-electron chi connectivity index (χ2n) is 7.76. The van der Waals surface area contributed by atoms with E-state index in [2.05, 4.69) is 20.4 Å². The molecule has 0 spiro atoms. The molecule has 0 aliphatic rings. The van der Waals surface area contributed by atoms with Crippen LogP contribution < -0.4 is 15.7 Å². The molecular formula is C25H21N5O4. The topological polar surface area (TPSA) is 115 Å². The predicted octanol–water partition coefficient (Wildman–Crippen LogP) is 4.15. The zero-order valence-corrected chi connectivity index (χ0v) is 18.7. The average molecular weight is 455 g/mol. The van der Waals surface area contributed by atoms with Crippen molar-refractivity contribution in [2.24, 2.45) is 7.05 Å². The van der Waals surface area contributed by atoms with E-state index in [1.165, 1.54) is 11.7 Å². The van der Waals surface area contributed by atoms with Crippen LogP contribution in [0.3, 0.4) is 0 Å². The SMILES string of the molecule is COc1nc(-c2ccc3[nH]c(=O)n(C)c3c2)ccc1NC(=O)c1c(-c2ccccc2)noc1C. The van der Waals surface area contributed by atoms with Crippen LogP contribution in [0, 0.1) is 6.92 Å². The summed E-state index contributed by atoms with van der Waals surface area (Å²) < 4.78 is 12.3. The zero-order chi connectivity index (χ0) is 23.8. The maximum atomic E-state index is 13.2. The van der Waals surface area contributed by atoms with Gasteiger partial charge in [-0.15, -0.1) is 0 Å². The number of pyridine rings is 1. The van der Waals surface area contributed by atoms with Gasteiger partial charge in [0.15, 0.2) is 0 Å². The van der Waals surface area contributed by atoms with Crippen molar-refractivity contribution in [1.82, 2.24) is 19.7 Å². The zero-order valence-electron chi connectivity index (χ0n) is 18.7. The first-order valence-corrected chi connectivity index (χ1v) is 10.5. The van der Waals surface area contributed by atoms with E-state index in [0.717, 1.165) is 22.2 Å². The molecule has 0 saturated heterocycles. The van der Waals surface area contributed by atoms with E-state index in [1.807, 2.05) is 48.5 Å². The Labute approximate surface area is 194 Å². The second-order valence-corrected chi connectivity index (χ2v) is 7.76. The fraction of sp³-hybridized carbons (Fsp3) is 0.120. The van der Waals surface area contributed by atoms with E-state index in [1.54, 1.807) is 26.1 Å². The molecule has 3 heterocycles. The lowest BCUT2D eigenvalue weighted by Crippen LogP contribution is -2.14. The van der Waals surface area contributed by atoms with Crippen LogP contribution in [0.1, 0.15) is 16.1 Å². The molecule has 0 aliphatic heterocycles. The Kier molecular flexibility index (Phi) is 5.21. The summed E-state index contributed by atoms with van der Waals surface area (Å²) in [6.07, 6.45) is 0. The Morgan fingerprint density at radius 1 is 1.09 bits per heavy atom. The minimum Gasteiger partial charge on any atom is -0.479 e. The van der Waals surface area contributed by atoms with Gasteiger partial charge >= 0.3 is 5.69 Å². The molecule has 0 unspecified atom stereocenters. The highest BCUT2D eigenvalue weighted by atomic mass is 16.5. The molecular weight excluding hydrogens is 434 g/mol. The van der Waals surface area contributed by atoms with E-state index in [0.29, 0.717) is 28.4 Å². The lowest BCUT2D eigenvalue weighted by molar-refractivity contribution is 0.102. The first-order chi connectivity index (χ1) is 16.5. The smallest absolute Gasteiger partial charge is 0.326 e. The molecule has 0 aliphatic carbocycles. The van der Waals surface area contributed by atoms with Gasteiger partial charge in [0.25, 0.3) is 5.91 Å². The van der Waals surface area contributed by atoms with Crippen LogP contribution in [0.25, 0.3) is 33.5 Å². The summed E-state index contributed by atoms with van der Waals surface area (Å²) in [5.41, 5.74) is 4.75. The average Bonchev–Trinajstić information content (AvgIpc) is 3.38. The summed E-state index contributed by atoms with van der Waals surface area (Å²) in [6, 6.07) is 18.4. The molecule has 9 heteroatoms. The first-order valence-electron chi connectivity index (χ1n) is 10.5. The molecule has 1 amide bonds. The number of hydrogen-bond donors (Lipinski definition) is 2. The van der Waals surface area contributed by atoms with Gasteiger partial charge < -0.3 is 19.6 Å². The minimum atomic E-state index is -0.380. The molecule has 0 fully saturated rings. The number of rotatable bonds is 5. The molecule has 0 atom stereocenters. The van der Waals surface area contributed by atoms with Gasteiger partial charge in [0.1, 0.15) is 22.7 Å². The first kappa shape index (κ1) is 21.2. The molecule has 2 N–H and O–H groups in total. The number of ether oxygens (including phenoxy) is 1. The fourth-order valence-electron chi connectivity index (χ4n) is 3.85. The van der Waals surface area contributed by atoms with Crippen molar-refractivity contribution in [3.8, 4) is 28.4 Å². The van der Waals surface area contributed by atoms with Crippen molar-refractivity contribution in [3.63, 3.8) is 0 Å². The predicted molar refractivity (Wildman–Crippen MR) is 128 cm³/mol. The summed E-state index contributed by atoms with van der Waals surface area (Å²) in [5, 5.41) is 6.93. The van der Waals surface area contributed by atoms with Crippen molar-refractivity contribution in [2.45, 2.75) is 6.92 Å². The van der Waals surface area contributed by atoms with E-state index in [4.69, 9.17) is 9.26 Å². The van der Waals surface area contributed by atoms with Crippen LogP contribution in [0.4, 0.5) is 5.69 Å². The van der Waals surface area contributed by atoms with Crippen LogP contribution >= 0.6 is 0 Å². The highest BCUT2D eigenvalue weighted by Gasteiger charge is 2.23. The number of amides is 1. The number of carbonyl (C=O) groups excluding carboxylic acids is 1. The van der Waals surface area contributed by atoms with Crippen molar-refractivity contribution in [3.05, 3.63) is 82.5 Å². The molecule has 0 saturated carbocycles. The van der Waals surface area contributed by atoms with Crippen LogP contribution in [0.15, 0.2) is 70.0 Å². The molecule has 0 radical (unpaired) electrons. The van der Waals surface area contributed by atoms with E-state index in [-0.39, 0.29) is 17.5 Å². The van der Waals surface area contributed by atoms with Crippen molar-refractivity contribution < 1.29 is 14.1 Å². The number of aromatic nitrogens is 4. The number of anilines is 1. The number of hydrogen-bond acceptors (Lipinski definition) is 6. The number of fused-ring (bicyclic) bond motifs is 1. The Balaban J connectivity index is 1.47. The van der Waals surface area contributed by atoms with Crippen molar-refractivity contribution in [2.75, 3.05) is 12.4 Å². The van der Waals surface area contributed by atoms with Gasteiger partial charge in [-0.25, -0.2) is 9.78 Å². The number of aryl methyl sites for hydroxylation is 2. The van der Waals surface area contributed by atoms with E-state index >= 15 is 0 Å².